The van der Waals surface area contributed by atoms with Gasteiger partial charge in [0.05, 0.1) is 17.1 Å². The van der Waals surface area contributed by atoms with Crippen LogP contribution in [0, 0.1) is 6.92 Å². The fraction of sp³-hybridized carbons (Fsp3) is 0.238. The number of ether oxygens (including phenoxy) is 1. The molecule has 4 nitrogen and oxygen atoms in total. The summed E-state index contributed by atoms with van der Waals surface area (Å²) in [6.07, 6.45) is 7.00. The van der Waals surface area contributed by atoms with E-state index in [2.05, 4.69) is 59.7 Å². The molecule has 1 aromatic heterocycles. The molecular weight excluding hydrogens is 310 g/mol. The summed E-state index contributed by atoms with van der Waals surface area (Å²) < 4.78 is 8.39. The van der Waals surface area contributed by atoms with Crippen LogP contribution in [0.5, 0.6) is 5.75 Å². The molecule has 0 N–H and O–H groups in total. The van der Waals surface area contributed by atoms with Gasteiger partial charge >= 0.3 is 0 Å². The van der Waals surface area contributed by atoms with E-state index in [1.165, 1.54) is 11.3 Å². The largest absolute Gasteiger partial charge is 0.482 e. The monoisotopic (exact) mass is 329 g/mol. The molecule has 1 aliphatic carbocycles. The highest BCUT2D eigenvalue weighted by molar-refractivity contribution is 5.62. The first-order valence-electron chi connectivity index (χ1n) is 8.70. The van der Waals surface area contributed by atoms with Crippen LogP contribution in [0.4, 0.5) is 0 Å². The molecule has 5 rings (SSSR count). The Balaban J connectivity index is 1.48. The van der Waals surface area contributed by atoms with Crippen LogP contribution in [0.2, 0.25) is 0 Å². The summed E-state index contributed by atoms with van der Waals surface area (Å²) in [6.45, 7) is 2.10. The third-order valence-electron chi connectivity index (χ3n) is 5.14. The molecule has 1 aliphatic heterocycles. The predicted molar refractivity (Wildman–Crippen MR) is 97.0 cm³/mol. The second-order valence-corrected chi connectivity index (χ2v) is 6.95. The predicted octanol–water partition coefficient (Wildman–Crippen LogP) is 3.91. The van der Waals surface area contributed by atoms with E-state index >= 15 is 0 Å². The van der Waals surface area contributed by atoms with Gasteiger partial charge in [0, 0.05) is 12.0 Å². The number of aromatic nitrogens is 3. The van der Waals surface area contributed by atoms with Crippen molar-refractivity contribution in [3.05, 3.63) is 77.1 Å². The minimum Gasteiger partial charge on any atom is -0.482 e. The van der Waals surface area contributed by atoms with Crippen LogP contribution in [-0.4, -0.2) is 20.6 Å². The zero-order chi connectivity index (χ0) is 16.9. The Labute approximate surface area is 146 Å². The lowest BCUT2D eigenvalue weighted by Crippen LogP contribution is -2.41. The highest BCUT2D eigenvalue weighted by Gasteiger charge is 2.39. The lowest BCUT2D eigenvalue weighted by atomic mass is 9.83. The number of para-hydroxylation sites is 1. The summed E-state index contributed by atoms with van der Waals surface area (Å²) in [5, 5.41) is 8.84. The van der Waals surface area contributed by atoms with E-state index in [0.717, 1.165) is 42.0 Å². The first-order chi connectivity index (χ1) is 12.2. The molecule has 0 saturated heterocycles. The van der Waals surface area contributed by atoms with E-state index in [1.807, 2.05) is 22.9 Å². The fourth-order valence-electron chi connectivity index (χ4n) is 3.81. The highest BCUT2D eigenvalue weighted by Crippen LogP contribution is 2.39. The molecule has 25 heavy (non-hydrogen) atoms. The average molecular weight is 329 g/mol. The van der Waals surface area contributed by atoms with Crippen molar-refractivity contribution in [2.45, 2.75) is 31.8 Å². The van der Waals surface area contributed by atoms with Crippen LogP contribution < -0.4 is 4.74 Å². The lowest BCUT2D eigenvalue weighted by molar-refractivity contribution is 0.0995. The Morgan fingerprint density at radius 2 is 2.00 bits per heavy atom. The van der Waals surface area contributed by atoms with Gasteiger partial charge in [-0.15, -0.1) is 5.10 Å². The SMILES string of the molecule is Cc1ccc2c(c1)C=C[C@@]1(CCc3c(nnn3-c3ccccc3)C1)O2. The Bertz CT molecular complexity index is 974. The van der Waals surface area contributed by atoms with Gasteiger partial charge in [-0.05, 0) is 50.1 Å². The van der Waals surface area contributed by atoms with Crippen molar-refractivity contribution in [2.75, 3.05) is 0 Å². The van der Waals surface area contributed by atoms with Gasteiger partial charge in [0.15, 0.2) is 0 Å². The molecule has 3 aromatic rings. The van der Waals surface area contributed by atoms with Gasteiger partial charge in [-0.25, -0.2) is 4.68 Å². The van der Waals surface area contributed by atoms with Gasteiger partial charge in [-0.3, -0.25) is 0 Å². The van der Waals surface area contributed by atoms with Crippen molar-refractivity contribution in [1.82, 2.24) is 15.0 Å². The van der Waals surface area contributed by atoms with E-state index in [4.69, 9.17) is 4.74 Å². The molecule has 2 aliphatic rings. The van der Waals surface area contributed by atoms with Gasteiger partial charge < -0.3 is 4.74 Å². The van der Waals surface area contributed by atoms with Crippen LogP contribution in [0.1, 0.15) is 28.9 Å². The summed E-state index contributed by atoms with van der Waals surface area (Å²) in [7, 11) is 0. The summed E-state index contributed by atoms with van der Waals surface area (Å²) in [4.78, 5) is 0. The lowest BCUT2D eigenvalue weighted by Gasteiger charge is -2.37. The molecule has 2 heterocycles. The van der Waals surface area contributed by atoms with E-state index in [-0.39, 0.29) is 5.60 Å². The third kappa shape index (κ3) is 2.37. The molecule has 2 aromatic carbocycles. The van der Waals surface area contributed by atoms with Crippen molar-refractivity contribution in [3.8, 4) is 11.4 Å². The van der Waals surface area contributed by atoms with E-state index in [0.29, 0.717) is 0 Å². The zero-order valence-electron chi connectivity index (χ0n) is 14.1. The molecule has 1 spiro atoms. The number of hydrogen-bond acceptors (Lipinski definition) is 3. The van der Waals surface area contributed by atoms with Gasteiger partial charge in [-0.1, -0.05) is 41.1 Å². The van der Waals surface area contributed by atoms with Gasteiger partial charge in [0.2, 0.25) is 0 Å². The minimum atomic E-state index is -0.299. The van der Waals surface area contributed by atoms with E-state index in [1.54, 1.807) is 0 Å². The highest BCUT2D eigenvalue weighted by atomic mass is 16.5. The van der Waals surface area contributed by atoms with E-state index in [9.17, 15) is 0 Å². The van der Waals surface area contributed by atoms with Crippen LogP contribution in [0.15, 0.2) is 54.6 Å². The van der Waals surface area contributed by atoms with Gasteiger partial charge in [-0.2, -0.15) is 0 Å². The first-order valence-corrected chi connectivity index (χ1v) is 8.70. The van der Waals surface area contributed by atoms with Crippen molar-refractivity contribution in [3.63, 3.8) is 0 Å². The van der Waals surface area contributed by atoms with Crippen LogP contribution >= 0.6 is 0 Å². The number of rotatable bonds is 1. The third-order valence-corrected chi connectivity index (χ3v) is 5.14. The maximum absolute atomic E-state index is 6.42. The molecule has 0 bridgehead atoms. The molecule has 0 amide bonds. The average Bonchev–Trinajstić information content (AvgIpc) is 3.05. The Morgan fingerprint density at radius 3 is 2.88 bits per heavy atom. The molecular formula is C21H19N3O. The van der Waals surface area contributed by atoms with Crippen molar-refractivity contribution >= 4 is 6.08 Å². The maximum Gasteiger partial charge on any atom is 0.133 e. The summed E-state index contributed by atoms with van der Waals surface area (Å²) in [5.74, 6) is 0.965. The quantitative estimate of drug-likeness (QED) is 0.679. The number of nitrogens with zero attached hydrogens (tertiary/aromatic N) is 3. The number of aryl methyl sites for hydroxylation is 1. The minimum absolute atomic E-state index is 0.299. The summed E-state index contributed by atoms with van der Waals surface area (Å²) in [6, 6.07) is 16.5. The normalized spacial score (nSPS) is 20.8. The molecule has 0 fully saturated rings. The standard InChI is InChI=1S/C21H19N3O/c1-15-7-8-20-16(13-15)9-11-21(25-20)12-10-19-18(14-21)22-23-24(19)17-5-3-2-4-6-17/h2-9,11,13H,10,12,14H2,1H3/t21-/m0/s1. The Morgan fingerprint density at radius 1 is 1.12 bits per heavy atom. The van der Waals surface area contributed by atoms with Crippen molar-refractivity contribution in [1.29, 1.82) is 0 Å². The van der Waals surface area contributed by atoms with E-state index < -0.39 is 0 Å². The van der Waals surface area contributed by atoms with Crippen LogP contribution in [0.25, 0.3) is 11.8 Å². The maximum atomic E-state index is 6.42. The number of hydrogen-bond donors (Lipinski definition) is 0. The first kappa shape index (κ1) is 14.5. The van der Waals surface area contributed by atoms with Crippen molar-refractivity contribution in [2.24, 2.45) is 0 Å². The fourth-order valence-corrected chi connectivity index (χ4v) is 3.81. The Kier molecular flexibility index (Phi) is 3.07. The molecule has 0 saturated carbocycles. The van der Waals surface area contributed by atoms with Gasteiger partial charge in [0.1, 0.15) is 11.4 Å². The zero-order valence-corrected chi connectivity index (χ0v) is 14.1. The Hall–Kier alpha value is -2.88. The number of fused-ring (bicyclic) bond motifs is 2. The molecule has 124 valence electrons. The topological polar surface area (TPSA) is 39.9 Å². The molecule has 4 heteroatoms. The second kappa shape index (κ2) is 5.31. The van der Waals surface area contributed by atoms with Crippen molar-refractivity contribution < 1.29 is 4.74 Å². The van der Waals surface area contributed by atoms with Crippen LogP contribution in [0.3, 0.4) is 0 Å². The van der Waals surface area contributed by atoms with Crippen LogP contribution in [-0.2, 0) is 12.8 Å². The van der Waals surface area contributed by atoms with Gasteiger partial charge in [0.25, 0.3) is 0 Å². The molecule has 0 radical (unpaired) electrons. The second-order valence-electron chi connectivity index (χ2n) is 6.95. The smallest absolute Gasteiger partial charge is 0.133 e. The number of benzene rings is 2. The summed E-state index contributed by atoms with van der Waals surface area (Å²) in [5.41, 5.74) is 5.41. The summed E-state index contributed by atoms with van der Waals surface area (Å²) >= 11 is 0. The molecule has 1 atom stereocenters. The molecule has 0 unspecified atom stereocenters.